The van der Waals surface area contributed by atoms with Crippen LogP contribution in [0.25, 0.3) is 0 Å². The Kier molecular flexibility index (Phi) is 8.62. The molecule has 0 spiro atoms. The Hall–Kier alpha value is -0.160. The lowest BCUT2D eigenvalue weighted by Crippen LogP contribution is -2.48. The summed E-state index contributed by atoms with van der Waals surface area (Å²) in [5, 5.41) is 12.3. The molecule has 4 nitrogen and oxygen atoms in total. The normalized spacial score (nSPS) is 24.0. The zero-order valence-corrected chi connectivity index (χ0v) is 12.8. The van der Waals surface area contributed by atoms with Crippen molar-refractivity contribution in [2.45, 2.75) is 39.0 Å². The van der Waals surface area contributed by atoms with E-state index >= 15 is 0 Å². The lowest BCUT2D eigenvalue weighted by Gasteiger charge is -2.40. The summed E-state index contributed by atoms with van der Waals surface area (Å²) in [5.74, 6) is 0. The molecule has 1 aliphatic heterocycles. The Labute approximate surface area is 118 Å². The maximum atomic E-state index is 8.79. The molecule has 1 saturated heterocycles. The molecule has 1 atom stereocenters. The van der Waals surface area contributed by atoms with Crippen LogP contribution in [0.5, 0.6) is 0 Å². The van der Waals surface area contributed by atoms with Crippen LogP contribution in [0.1, 0.15) is 39.0 Å². The first kappa shape index (κ1) is 16.9. The van der Waals surface area contributed by atoms with Crippen LogP contribution in [0.3, 0.4) is 0 Å². The van der Waals surface area contributed by atoms with Crippen molar-refractivity contribution in [2.75, 3.05) is 53.0 Å². The summed E-state index contributed by atoms with van der Waals surface area (Å²) in [6.45, 7) is 8.62. The van der Waals surface area contributed by atoms with Gasteiger partial charge in [0.05, 0.1) is 6.61 Å². The van der Waals surface area contributed by atoms with Gasteiger partial charge in [-0.05, 0) is 52.2 Å². The first-order valence-corrected chi connectivity index (χ1v) is 7.80. The smallest absolute Gasteiger partial charge is 0.0546 e. The van der Waals surface area contributed by atoms with Gasteiger partial charge in [0.15, 0.2) is 0 Å². The molecule has 0 radical (unpaired) electrons. The minimum atomic E-state index is 0.292. The first-order valence-electron chi connectivity index (χ1n) is 7.80. The fourth-order valence-corrected chi connectivity index (χ4v) is 2.94. The van der Waals surface area contributed by atoms with Gasteiger partial charge in [0.2, 0.25) is 0 Å². The molecule has 2 N–H and O–H groups in total. The predicted molar refractivity (Wildman–Crippen MR) is 79.5 cm³/mol. The highest BCUT2D eigenvalue weighted by Crippen LogP contribution is 2.29. The number of nitrogens with one attached hydrogen (secondary N) is 1. The van der Waals surface area contributed by atoms with E-state index in [4.69, 9.17) is 9.84 Å². The Morgan fingerprint density at radius 2 is 2.16 bits per heavy atom. The number of hydrogen-bond donors (Lipinski definition) is 2. The monoisotopic (exact) mass is 272 g/mol. The molecule has 0 aromatic heterocycles. The third-order valence-corrected chi connectivity index (χ3v) is 3.96. The van der Waals surface area contributed by atoms with Gasteiger partial charge in [-0.25, -0.2) is 0 Å². The Balaban J connectivity index is 2.33. The zero-order chi connectivity index (χ0) is 14.0. The molecule has 0 aromatic carbocycles. The van der Waals surface area contributed by atoms with Gasteiger partial charge in [0.1, 0.15) is 0 Å². The third-order valence-electron chi connectivity index (χ3n) is 3.96. The van der Waals surface area contributed by atoms with Gasteiger partial charge >= 0.3 is 0 Å². The Bertz CT molecular complexity index is 218. The van der Waals surface area contributed by atoms with Crippen molar-refractivity contribution >= 4 is 0 Å². The van der Waals surface area contributed by atoms with Crippen molar-refractivity contribution in [3.63, 3.8) is 0 Å². The van der Waals surface area contributed by atoms with E-state index in [9.17, 15) is 0 Å². The molecule has 1 rings (SSSR count). The maximum absolute atomic E-state index is 8.79. The Morgan fingerprint density at radius 3 is 2.79 bits per heavy atom. The van der Waals surface area contributed by atoms with Gasteiger partial charge in [-0.15, -0.1) is 0 Å². The highest BCUT2D eigenvalue weighted by Gasteiger charge is 2.33. The number of rotatable bonds is 10. The van der Waals surface area contributed by atoms with E-state index in [2.05, 4.69) is 24.2 Å². The minimum Gasteiger partial charge on any atom is -0.396 e. The molecular weight excluding hydrogens is 240 g/mol. The topological polar surface area (TPSA) is 44.7 Å². The quantitative estimate of drug-likeness (QED) is 0.591. The highest BCUT2D eigenvalue weighted by molar-refractivity contribution is 4.86. The molecule has 19 heavy (non-hydrogen) atoms. The van der Waals surface area contributed by atoms with E-state index < -0.39 is 0 Å². The second-order valence-corrected chi connectivity index (χ2v) is 5.96. The Morgan fingerprint density at radius 1 is 1.32 bits per heavy atom. The van der Waals surface area contributed by atoms with Crippen molar-refractivity contribution in [3.05, 3.63) is 0 Å². The average molecular weight is 272 g/mol. The summed E-state index contributed by atoms with van der Waals surface area (Å²) in [7, 11) is 2.21. The molecule has 1 fully saturated rings. The molecule has 4 heteroatoms. The molecule has 114 valence electrons. The number of ether oxygens (including phenoxy) is 1. The van der Waals surface area contributed by atoms with Gasteiger partial charge < -0.3 is 20.1 Å². The number of nitrogens with zero attached hydrogens (tertiary/aromatic N) is 1. The van der Waals surface area contributed by atoms with Crippen LogP contribution in [-0.2, 0) is 4.74 Å². The molecular formula is C15H32N2O2. The van der Waals surface area contributed by atoms with Crippen molar-refractivity contribution in [3.8, 4) is 0 Å². The zero-order valence-electron chi connectivity index (χ0n) is 12.8. The molecule has 1 aliphatic rings. The molecule has 1 heterocycles. The summed E-state index contributed by atoms with van der Waals surface area (Å²) in [6.07, 6.45) is 5.68. The van der Waals surface area contributed by atoms with Gasteiger partial charge in [0, 0.05) is 31.7 Å². The first-order chi connectivity index (χ1) is 9.22. The van der Waals surface area contributed by atoms with E-state index in [1.807, 2.05) is 0 Å². The van der Waals surface area contributed by atoms with Crippen LogP contribution < -0.4 is 5.32 Å². The summed E-state index contributed by atoms with van der Waals surface area (Å²) in [6, 6.07) is 0. The molecule has 1 unspecified atom stereocenters. The van der Waals surface area contributed by atoms with Crippen LogP contribution in [0.2, 0.25) is 0 Å². The van der Waals surface area contributed by atoms with E-state index in [1.165, 1.54) is 19.3 Å². The molecule has 0 amide bonds. The average Bonchev–Trinajstić information content (AvgIpc) is 2.42. The van der Waals surface area contributed by atoms with Gasteiger partial charge in [0.25, 0.3) is 0 Å². The summed E-state index contributed by atoms with van der Waals surface area (Å²) in [4.78, 5) is 2.43. The third kappa shape index (κ3) is 6.70. The van der Waals surface area contributed by atoms with E-state index in [1.54, 1.807) is 0 Å². The number of aliphatic hydroxyl groups excluding tert-OH is 1. The minimum absolute atomic E-state index is 0.292. The second kappa shape index (κ2) is 9.70. The van der Waals surface area contributed by atoms with Gasteiger partial charge in [-0.3, -0.25) is 0 Å². The lowest BCUT2D eigenvalue weighted by atomic mass is 9.81. The second-order valence-electron chi connectivity index (χ2n) is 5.96. The van der Waals surface area contributed by atoms with Crippen LogP contribution in [0.15, 0.2) is 0 Å². The molecule has 0 saturated carbocycles. The maximum Gasteiger partial charge on any atom is 0.0546 e. The van der Waals surface area contributed by atoms with Gasteiger partial charge in [-0.2, -0.15) is 0 Å². The number of unbranched alkanes of at least 4 members (excludes halogenated alkanes) is 2. The van der Waals surface area contributed by atoms with E-state index in [0.717, 1.165) is 52.2 Å². The van der Waals surface area contributed by atoms with Crippen LogP contribution in [0, 0.1) is 5.41 Å². The predicted octanol–water partition coefficient (Wildman–Crippen LogP) is 1.49. The number of aliphatic hydroxyl groups is 1. The highest BCUT2D eigenvalue weighted by atomic mass is 16.5. The largest absolute Gasteiger partial charge is 0.396 e. The fraction of sp³-hybridized carbons (Fsp3) is 1.00. The van der Waals surface area contributed by atoms with Crippen LogP contribution in [0.4, 0.5) is 0 Å². The van der Waals surface area contributed by atoms with Crippen molar-refractivity contribution in [2.24, 2.45) is 5.41 Å². The fourth-order valence-electron chi connectivity index (χ4n) is 2.94. The van der Waals surface area contributed by atoms with E-state index in [-0.39, 0.29) is 0 Å². The van der Waals surface area contributed by atoms with Crippen molar-refractivity contribution in [1.29, 1.82) is 0 Å². The summed E-state index contributed by atoms with van der Waals surface area (Å²) >= 11 is 0. The number of hydrogen-bond acceptors (Lipinski definition) is 4. The van der Waals surface area contributed by atoms with Crippen molar-refractivity contribution < 1.29 is 9.84 Å². The SMILES string of the molecule is CCNCC1(CN(C)CCCCCO)CCCOC1. The lowest BCUT2D eigenvalue weighted by molar-refractivity contribution is -0.0226. The standard InChI is InChI=1S/C15H32N2O2/c1-3-16-12-15(8-7-11-19-14-15)13-17(2)9-5-4-6-10-18/h16,18H,3-14H2,1-2H3. The summed E-state index contributed by atoms with van der Waals surface area (Å²) in [5.41, 5.74) is 0.292. The van der Waals surface area contributed by atoms with Crippen LogP contribution in [-0.4, -0.2) is 63.1 Å². The van der Waals surface area contributed by atoms with Gasteiger partial charge in [-0.1, -0.05) is 6.92 Å². The molecule has 0 aromatic rings. The van der Waals surface area contributed by atoms with E-state index in [0.29, 0.717) is 12.0 Å². The molecule has 0 bridgehead atoms. The molecule has 0 aliphatic carbocycles. The summed E-state index contributed by atoms with van der Waals surface area (Å²) < 4.78 is 5.73. The van der Waals surface area contributed by atoms with Crippen molar-refractivity contribution in [1.82, 2.24) is 10.2 Å². The van der Waals surface area contributed by atoms with Crippen LogP contribution >= 0.6 is 0 Å².